The maximum Gasteiger partial charge on any atom is 0.251 e. The van der Waals surface area contributed by atoms with E-state index in [2.05, 4.69) is 9.97 Å². The van der Waals surface area contributed by atoms with Crippen molar-refractivity contribution < 1.29 is 4.74 Å². The lowest BCUT2D eigenvalue weighted by Gasteiger charge is -2.03. The molecule has 84 valence electrons. The molecule has 3 N–H and O–H groups in total. The molecule has 0 aliphatic carbocycles. The molecule has 0 unspecified atom stereocenters. The summed E-state index contributed by atoms with van der Waals surface area (Å²) in [5, 5.41) is 0. The van der Waals surface area contributed by atoms with Crippen molar-refractivity contribution in [3.8, 4) is 0 Å². The first-order chi connectivity index (χ1) is 7.26. The van der Waals surface area contributed by atoms with Crippen molar-refractivity contribution >= 4 is 0 Å². The van der Waals surface area contributed by atoms with E-state index in [-0.39, 0.29) is 5.56 Å². The minimum atomic E-state index is -0.108. The van der Waals surface area contributed by atoms with Gasteiger partial charge >= 0.3 is 0 Å². The van der Waals surface area contributed by atoms with Gasteiger partial charge in [0.2, 0.25) is 0 Å². The van der Waals surface area contributed by atoms with Crippen molar-refractivity contribution in [1.29, 1.82) is 0 Å². The number of aromatic nitrogens is 2. The molecule has 0 radical (unpaired) electrons. The molecule has 15 heavy (non-hydrogen) atoms. The molecule has 0 bridgehead atoms. The van der Waals surface area contributed by atoms with Gasteiger partial charge in [0.05, 0.1) is 6.61 Å². The van der Waals surface area contributed by atoms with Crippen LogP contribution in [-0.2, 0) is 17.6 Å². The Kier molecular flexibility index (Phi) is 5.00. The van der Waals surface area contributed by atoms with Gasteiger partial charge in [-0.25, -0.2) is 4.98 Å². The van der Waals surface area contributed by atoms with Gasteiger partial charge < -0.3 is 15.5 Å². The standard InChI is InChI=1S/C10H17N3O2/c1-15-6-4-9-12-8(3-2-5-11)7-10(14)13-9/h7H,2-6,11H2,1H3,(H,12,13,14). The van der Waals surface area contributed by atoms with Crippen LogP contribution in [0.1, 0.15) is 17.9 Å². The monoisotopic (exact) mass is 211 g/mol. The normalized spacial score (nSPS) is 10.5. The number of aryl methyl sites for hydroxylation is 1. The second-order valence-corrected chi connectivity index (χ2v) is 3.32. The number of nitrogens with two attached hydrogens (primary N) is 1. The molecule has 0 aliphatic rings. The van der Waals surface area contributed by atoms with Crippen LogP contribution in [0.15, 0.2) is 10.9 Å². The molecule has 0 atom stereocenters. The predicted molar refractivity (Wildman–Crippen MR) is 57.8 cm³/mol. The SMILES string of the molecule is COCCc1nc(CCCN)cc(=O)[nH]1. The molecule has 0 aromatic carbocycles. The first-order valence-corrected chi connectivity index (χ1v) is 5.04. The van der Waals surface area contributed by atoms with E-state index >= 15 is 0 Å². The molecule has 0 amide bonds. The van der Waals surface area contributed by atoms with Crippen molar-refractivity contribution in [2.75, 3.05) is 20.3 Å². The van der Waals surface area contributed by atoms with Crippen LogP contribution in [0.2, 0.25) is 0 Å². The lowest BCUT2D eigenvalue weighted by Crippen LogP contribution is -2.15. The Morgan fingerprint density at radius 3 is 3.00 bits per heavy atom. The largest absolute Gasteiger partial charge is 0.384 e. The Hall–Kier alpha value is -1.20. The van der Waals surface area contributed by atoms with Crippen molar-refractivity contribution in [2.24, 2.45) is 5.73 Å². The van der Waals surface area contributed by atoms with Crippen molar-refractivity contribution in [2.45, 2.75) is 19.3 Å². The van der Waals surface area contributed by atoms with Crippen LogP contribution in [0.25, 0.3) is 0 Å². The summed E-state index contributed by atoms with van der Waals surface area (Å²) in [6, 6.07) is 1.52. The average molecular weight is 211 g/mol. The summed E-state index contributed by atoms with van der Waals surface area (Å²) < 4.78 is 4.92. The van der Waals surface area contributed by atoms with E-state index in [0.717, 1.165) is 18.5 Å². The Bertz CT molecular complexity index is 320. The first-order valence-electron chi connectivity index (χ1n) is 5.04. The molecule has 5 heteroatoms. The molecule has 1 aromatic rings. The fourth-order valence-corrected chi connectivity index (χ4v) is 1.29. The van der Waals surface area contributed by atoms with E-state index in [9.17, 15) is 4.79 Å². The number of H-pyrrole nitrogens is 1. The maximum absolute atomic E-state index is 11.3. The number of rotatable bonds is 6. The summed E-state index contributed by atoms with van der Waals surface area (Å²) in [6.45, 7) is 1.17. The summed E-state index contributed by atoms with van der Waals surface area (Å²) in [6.07, 6.45) is 2.22. The Balaban J connectivity index is 2.71. The Morgan fingerprint density at radius 2 is 2.33 bits per heavy atom. The lowest BCUT2D eigenvalue weighted by atomic mass is 10.2. The first kappa shape index (κ1) is 11.9. The van der Waals surface area contributed by atoms with Gasteiger partial charge in [0.1, 0.15) is 5.82 Å². The molecule has 0 saturated carbocycles. The van der Waals surface area contributed by atoms with E-state index in [1.54, 1.807) is 7.11 Å². The predicted octanol–water partition coefficient (Wildman–Crippen LogP) is -0.150. The van der Waals surface area contributed by atoms with Gasteiger partial charge in [0, 0.05) is 25.3 Å². The van der Waals surface area contributed by atoms with Crippen LogP contribution in [-0.4, -0.2) is 30.2 Å². The number of aromatic amines is 1. The molecular weight excluding hydrogens is 194 g/mol. The van der Waals surface area contributed by atoms with Gasteiger partial charge in [0.15, 0.2) is 0 Å². The molecule has 1 aromatic heterocycles. The third-order valence-corrected chi connectivity index (χ3v) is 2.02. The van der Waals surface area contributed by atoms with Gasteiger partial charge in [-0.05, 0) is 19.4 Å². The van der Waals surface area contributed by atoms with Gasteiger partial charge in [-0.2, -0.15) is 0 Å². The molecule has 1 heterocycles. The second kappa shape index (κ2) is 6.31. The summed E-state index contributed by atoms with van der Waals surface area (Å²) in [7, 11) is 1.62. The number of ether oxygens (including phenoxy) is 1. The highest BCUT2D eigenvalue weighted by atomic mass is 16.5. The van der Waals surface area contributed by atoms with Gasteiger partial charge in [-0.1, -0.05) is 0 Å². The zero-order valence-electron chi connectivity index (χ0n) is 8.95. The summed E-state index contributed by atoms with van der Waals surface area (Å²) in [5.74, 6) is 0.677. The lowest BCUT2D eigenvalue weighted by molar-refractivity contribution is 0.200. The summed E-state index contributed by atoms with van der Waals surface area (Å²) >= 11 is 0. The fourth-order valence-electron chi connectivity index (χ4n) is 1.29. The van der Waals surface area contributed by atoms with Crippen molar-refractivity contribution in [3.05, 3.63) is 27.9 Å². The third-order valence-electron chi connectivity index (χ3n) is 2.02. The van der Waals surface area contributed by atoms with Gasteiger partial charge in [0.25, 0.3) is 5.56 Å². The molecule has 0 fully saturated rings. The van der Waals surface area contributed by atoms with Crippen LogP contribution in [0.3, 0.4) is 0 Å². The Morgan fingerprint density at radius 1 is 1.53 bits per heavy atom. The molecule has 5 nitrogen and oxygen atoms in total. The van der Waals surface area contributed by atoms with E-state index in [0.29, 0.717) is 25.4 Å². The number of hydrogen-bond donors (Lipinski definition) is 2. The molecular formula is C10H17N3O2. The van der Waals surface area contributed by atoms with Crippen LogP contribution >= 0.6 is 0 Å². The fraction of sp³-hybridized carbons (Fsp3) is 0.600. The average Bonchev–Trinajstić information content (AvgIpc) is 2.23. The number of nitrogens with zero attached hydrogens (tertiary/aromatic N) is 1. The molecule has 1 rings (SSSR count). The highest BCUT2D eigenvalue weighted by molar-refractivity contribution is 5.03. The minimum Gasteiger partial charge on any atom is -0.384 e. The van der Waals surface area contributed by atoms with Crippen molar-refractivity contribution in [3.63, 3.8) is 0 Å². The van der Waals surface area contributed by atoms with E-state index in [1.807, 2.05) is 0 Å². The number of hydrogen-bond acceptors (Lipinski definition) is 4. The molecule has 0 spiro atoms. The number of methoxy groups -OCH3 is 1. The van der Waals surface area contributed by atoms with Gasteiger partial charge in [-0.15, -0.1) is 0 Å². The quantitative estimate of drug-likeness (QED) is 0.685. The zero-order chi connectivity index (χ0) is 11.1. The number of nitrogens with one attached hydrogen (secondary N) is 1. The van der Waals surface area contributed by atoms with E-state index in [1.165, 1.54) is 6.07 Å². The van der Waals surface area contributed by atoms with Gasteiger partial charge in [-0.3, -0.25) is 4.79 Å². The molecule has 0 saturated heterocycles. The topological polar surface area (TPSA) is 81.0 Å². The highest BCUT2D eigenvalue weighted by Gasteiger charge is 2.00. The smallest absolute Gasteiger partial charge is 0.251 e. The summed E-state index contributed by atoms with van der Waals surface area (Å²) in [4.78, 5) is 18.3. The Labute approximate surface area is 88.7 Å². The van der Waals surface area contributed by atoms with Crippen LogP contribution in [0, 0.1) is 0 Å². The van der Waals surface area contributed by atoms with Crippen molar-refractivity contribution in [1.82, 2.24) is 9.97 Å². The summed E-state index contributed by atoms with van der Waals surface area (Å²) in [5.41, 5.74) is 6.09. The third kappa shape index (κ3) is 4.22. The van der Waals surface area contributed by atoms with Crippen LogP contribution in [0.5, 0.6) is 0 Å². The highest BCUT2D eigenvalue weighted by Crippen LogP contribution is 1.97. The van der Waals surface area contributed by atoms with E-state index < -0.39 is 0 Å². The molecule has 0 aliphatic heterocycles. The van der Waals surface area contributed by atoms with Crippen LogP contribution < -0.4 is 11.3 Å². The zero-order valence-corrected chi connectivity index (χ0v) is 8.95. The maximum atomic E-state index is 11.3. The second-order valence-electron chi connectivity index (χ2n) is 3.32. The van der Waals surface area contributed by atoms with Crippen LogP contribution in [0.4, 0.5) is 0 Å². The minimum absolute atomic E-state index is 0.108. The van der Waals surface area contributed by atoms with E-state index in [4.69, 9.17) is 10.5 Å².